The number of carbonyl (C=O) groups is 1. The highest BCUT2D eigenvalue weighted by molar-refractivity contribution is 5.77. The maximum Gasteiger partial charge on any atom is 0.248 e. The lowest BCUT2D eigenvalue weighted by molar-refractivity contribution is -0.137. The van der Waals surface area contributed by atoms with Crippen LogP contribution in [-0.2, 0) is 34.3 Å². The van der Waals surface area contributed by atoms with Gasteiger partial charge in [0.15, 0.2) is 0 Å². The lowest BCUT2D eigenvalue weighted by Crippen LogP contribution is -2.39. The van der Waals surface area contributed by atoms with E-state index in [0.717, 1.165) is 24.4 Å². The monoisotopic (exact) mass is 267 g/mol. The number of nitrogens with zero attached hydrogens (tertiary/aromatic N) is 3. The molecule has 0 unspecified atom stereocenters. The van der Waals surface area contributed by atoms with Crippen LogP contribution in [-0.4, -0.2) is 54.1 Å². The number of fused-ring (bicyclic) bond motifs is 1. The van der Waals surface area contributed by atoms with Crippen LogP contribution in [0.25, 0.3) is 0 Å². The first kappa shape index (κ1) is 14.0. The van der Waals surface area contributed by atoms with Crippen LogP contribution in [0.15, 0.2) is 0 Å². The van der Waals surface area contributed by atoms with Crippen molar-refractivity contribution in [2.45, 2.75) is 19.9 Å². The minimum atomic E-state index is 0.0283. The molecule has 1 aliphatic rings. The first-order valence-electron chi connectivity index (χ1n) is 6.49. The molecule has 0 aromatic carbocycles. The van der Waals surface area contributed by atoms with Crippen molar-refractivity contribution in [3.05, 3.63) is 17.0 Å². The van der Waals surface area contributed by atoms with Crippen LogP contribution >= 0.6 is 0 Å². The molecule has 0 fully saturated rings. The highest BCUT2D eigenvalue weighted by Gasteiger charge is 2.24. The normalized spacial score (nSPS) is 14.6. The highest BCUT2D eigenvalue weighted by atomic mass is 16.5. The summed E-state index contributed by atoms with van der Waals surface area (Å²) in [4.78, 5) is 13.8. The van der Waals surface area contributed by atoms with E-state index >= 15 is 0 Å². The van der Waals surface area contributed by atoms with E-state index in [1.54, 1.807) is 7.11 Å². The third-order valence-corrected chi connectivity index (χ3v) is 3.46. The van der Waals surface area contributed by atoms with E-state index in [2.05, 4.69) is 5.10 Å². The molecule has 0 bridgehead atoms. The zero-order chi connectivity index (χ0) is 13.8. The Hall–Kier alpha value is -1.40. The van der Waals surface area contributed by atoms with Crippen molar-refractivity contribution in [1.29, 1.82) is 0 Å². The Morgan fingerprint density at radius 2 is 2.21 bits per heavy atom. The molecule has 0 N–H and O–H groups in total. The predicted molar refractivity (Wildman–Crippen MR) is 69.8 cm³/mol. The second-order valence-electron chi connectivity index (χ2n) is 4.74. The Balaban J connectivity index is 1.90. The quantitative estimate of drug-likeness (QED) is 0.719. The minimum Gasteiger partial charge on any atom is -0.382 e. The Morgan fingerprint density at radius 3 is 2.95 bits per heavy atom. The number of hydrogen-bond donors (Lipinski definition) is 0. The van der Waals surface area contributed by atoms with Gasteiger partial charge in [0.1, 0.15) is 6.61 Å². The molecule has 6 heteroatoms. The molecule has 0 radical (unpaired) electrons. The molecule has 6 nitrogen and oxygen atoms in total. The van der Waals surface area contributed by atoms with Crippen LogP contribution in [0.2, 0.25) is 0 Å². The average molecular weight is 267 g/mol. The number of aromatic nitrogens is 2. The zero-order valence-electron chi connectivity index (χ0n) is 11.8. The van der Waals surface area contributed by atoms with E-state index in [4.69, 9.17) is 9.47 Å². The molecule has 0 atom stereocenters. The van der Waals surface area contributed by atoms with E-state index in [-0.39, 0.29) is 12.5 Å². The molecule has 0 saturated carbocycles. The molecule has 0 spiro atoms. The van der Waals surface area contributed by atoms with Gasteiger partial charge in [-0.25, -0.2) is 0 Å². The second kappa shape index (κ2) is 6.16. The van der Waals surface area contributed by atoms with Gasteiger partial charge in [-0.2, -0.15) is 5.10 Å². The standard InChI is InChI=1S/C13H21N3O3/c1-10-11-4-5-16(8-12(11)15(2)14-10)13(17)9-19-7-6-18-3/h4-9H2,1-3H3. The van der Waals surface area contributed by atoms with Crippen molar-refractivity contribution in [3.8, 4) is 0 Å². The molecule has 106 valence electrons. The number of methoxy groups -OCH3 is 1. The predicted octanol–water partition coefficient (Wildman–Crippen LogP) is 0.276. The number of ether oxygens (including phenoxy) is 2. The van der Waals surface area contributed by atoms with E-state index in [0.29, 0.717) is 19.8 Å². The number of carbonyl (C=O) groups excluding carboxylic acids is 1. The molecule has 2 rings (SSSR count). The van der Waals surface area contributed by atoms with Gasteiger partial charge in [0, 0.05) is 20.7 Å². The van der Waals surface area contributed by atoms with Gasteiger partial charge in [0.2, 0.25) is 5.91 Å². The van der Waals surface area contributed by atoms with Gasteiger partial charge in [-0.3, -0.25) is 9.48 Å². The number of hydrogen-bond acceptors (Lipinski definition) is 4. The van der Waals surface area contributed by atoms with Crippen LogP contribution in [0.1, 0.15) is 17.0 Å². The smallest absolute Gasteiger partial charge is 0.248 e. The summed E-state index contributed by atoms with van der Waals surface area (Å²) in [5, 5.41) is 4.40. The number of amides is 1. The van der Waals surface area contributed by atoms with Gasteiger partial charge >= 0.3 is 0 Å². The topological polar surface area (TPSA) is 56.6 Å². The molecule has 0 aliphatic carbocycles. The summed E-state index contributed by atoms with van der Waals surface area (Å²) >= 11 is 0. The second-order valence-corrected chi connectivity index (χ2v) is 4.74. The summed E-state index contributed by atoms with van der Waals surface area (Å²) in [6.07, 6.45) is 0.874. The van der Waals surface area contributed by atoms with Crippen LogP contribution in [0.5, 0.6) is 0 Å². The van der Waals surface area contributed by atoms with Gasteiger partial charge in [0.25, 0.3) is 0 Å². The molecule has 0 saturated heterocycles. The van der Waals surface area contributed by atoms with Gasteiger partial charge < -0.3 is 14.4 Å². The largest absolute Gasteiger partial charge is 0.382 e. The maximum atomic E-state index is 12.0. The number of rotatable bonds is 5. The van der Waals surface area contributed by atoms with E-state index < -0.39 is 0 Å². The van der Waals surface area contributed by atoms with Gasteiger partial charge in [-0.05, 0) is 18.9 Å². The van der Waals surface area contributed by atoms with Crippen molar-refractivity contribution in [2.75, 3.05) is 33.5 Å². The summed E-state index contributed by atoms with van der Waals surface area (Å²) in [5.74, 6) is 0.0283. The van der Waals surface area contributed by atoms with E-state index in [9.17, 15) is 4.79 Å². The van der Waals surface area contributed by atoms with Crippen molar-refractivity contribution in [3.63, 3.8) is 0 Å². The van der Waals surface area contributed by atoms with E-state index in [1.807, 2.05) is 23.6 Å². The minimum absolute atomic E-state index is 0.0283. The fraction of sp³-hybridized carbons (Fsp3) is 0.692. The van der Waals surface area contributed by atoms with Crippen LogP contribution < -0.4 is 0 Å². The lowest BCUT2D eigenvalue weighted by Gasteiger charge is -2.27. The number of aryl methyl sites for hydroxylation is 2. The first-order chi connectivity index (χ1) is 9.13. The van der Waals surface area contributed by atoms with Crippen molar-refractivity contribution in [1.82, 2.24) is 14.7 Å². The third kappa shape index (κ3) is 3.13. The van der Waals surface area contributed by atoms with Crippen LogP contribution in [0.4, 0.5) is 0 Å². The first-order valence-corrected chi connectivity index (χ1v) is 6.49. The van der Waals surface area contributed by atoms with Gasteiger partial charge in [-0.15, -0.1) is 0 Å². The average Bonchev–Trinajstić information content (AvgIpc) is 2.69. The zero-order valence-corrected chi connectivity index (χ0v) is 11.8. The molecular weight excluding hydrogens is 246 g/mol. The van der Waals surface area contributed by atoms with Crippen LogP contribution in [0, 0.1) is 6.92 Å². The molecule has 2 heterocycles. The van der Waals surface area contributed by atoms with Gasteiger partial charge in [-0.1, -0.05) is 0 Å². The molecule has 1 aromatic rings. The SMILES string of the molecule is COCCOCC(=O)N1CCc2c(C)nn(C)c2C1. The lowest BCUT2D eigenvalue weighted by atomic mass is 10.0. The Bertz CT molecular complexity index is 456. The van der Waals surface area contributed by atoms with Crippen molar-refractivity contribution >= 4 is 5.91 Å². The Morgan fingerprint density at radius 1 is 1.42 bits per heavy atom. The summed E-state index contributed by atoms with van der Waals surface area (Å²) in [5.41, 5.74) is 3.49. The van der Waals surface area contributed by atoms with Crippen molar-refractivity contribution in [2.24, 2.45) is 7.05 Å². The third-order valence-electron chi connectivity index (χ3n) is 3.46. The maximum absolute atomic E-state index is 12.0. The van der Waals surface area contributed by atoms with Gasteiger partial charge in [0.05, 0.1) is 31.1 Å². The summed E-state index contributed by atoms with van der Waals surface area (Å²) in [6, 6.07) is 0. The molecule has 19 heavy (non-hydrogen) atoms. The molecular formula is C13H21N3O3. The molecule has 1 aliphatic heterocycles. The summed E-state index contributed by atoms with van der Waals surface area (Å²) in [6.45, 7) is 4.47. The highest BCUT2D eigenvalue weighted by Crippen LogP contribution is 2.21. The fourth-order valence-corrected chi connectivity index (χ4v) is 2.39. The Kier molecular flexibility index (Phi) is 4.55. The summed E-state index contributed by atoms with van der Waals surface area (Å²) in [7, 11) is 3.54. The van der Waals surface area contributed by atoms with Crippen LogP contribution in [0.3, 0.4) is 0 Å². The Labute approximate surface area is 113 Å². The van der Waals surface area contributed by atoms with Crippen molar-refractivity contribution < 1.29 is 14.3 Å². The molecule has 1 aromatic heterocycles. The fourth-order valence-electron chi connectivity index (χ4n) is 2.39. The van der Waals surface area contributed by atoms with E-state index in [1.165, 1.54) is 5.56 Å². The molecule has 1 amide bonds. The summed E-state index contributed by atoms with van der Waals surface area (Å²) < 4.78 is 12.0.